The van der Waals surface area contributed by atoms with Crippen LogP contribution in [0, 0.1) is 6.92 Å². The lowest BCUT2D eigenvalue weighted by Gasteiger charge is -2.36. The van der Waals surface area contributed by atoms with E-state index in [9.17, 15) is 4.79 Å². The Hall–Kier alpha value is -2.69. The number of methoxy groups -OCH3 is 1. The molecule has 5 heteroatoms. The van der Waals surface area contributed by atoms with E-state index >= 15 is 0 Å². The van der Waals surface area contributed by atoms with Gasteiger partial charge in [0.25, 0.3) is 5.91 Å². The summed E-state index contributed by atoms with van der Waals surface area (Å²) >= 11 is 0. The number of benzene rings is 2. The molecular formula is C21H27N3O2. The largest absolute Gasteiger partial charge is 0.496 e. The maximum Gasteiger partial charge on any atom is 0.259 e. The number of nitrogens with two attached hydrogens (primary N) is 1. The topological polar surface area (TPSA) is 67.6 Å². The maximum atomic E-state index is 12.7. The fourth-order valence-corrected chi connectivity index (χ4v) is 3.61. The molecule has 1 fully saturated rings. The van der Waals surface area contributed by atoms with Gasteiger partial charge < -0.3 is 20.7 Å². The van der Waals surface area contributed by atoms with E-state index in [4.69, 9.17) is 10.5 Å². The van der Waals surface area contributed by atoms with E-state index in [-0.39, 0.29) is 5.91 Å². The normalized spacial score (nSPS) is 17.0. The third-order valence-electron chi connectivity index (χ3n) is 5.08. The second-order valence-corrected chi connectivity index (χ2v) is 6.92. The van der Waals surface area contributed by atoms with Crippen molar-refractivity contribution in [2.24, 2.45) is 0 Å². The van der Waals surface area contributed by atoms with Gasteiger partial charge in [-0.05, 0) is 62.9 Å². The molecule has 5 nitrogen and oxygen atoms in total. The summed E-state index contributed by atoms with van der Waals surface area (Å²) in [6.45, 7) is 5.35. The van der Waals surface area contributed by atoms with Gasteiger partial charge in [-0.3, -0.25) is 4.79 Å². The Bertz CT molecular complexity index is 804. The Labute approximate surface area is 155 Å². The molecule has 2 aromatic carbocycles. The summed E-state index contributed by atoms with van der Waals surface area (Å²) in [5.41, 5.74) is 10.2. The molecule has 138 valence electrons. The summed E-state index contributed by atoms with van der Waals surface area (Å²) in [6, 6.07) is 11.6. The molecule has 1 saturated heterocycles. The van der Waals surface area contributed by atoms with E-state index in [1.165, 1.54) is 19.3 Å². The molecule has 0 aromatic heterocycles. The molecule has 1 atom stereocenters. The van der Waals surface area contributed by atoms with Crippen molar-refractivity contribution in [3.05, 3.63) is 47.5 Å². The van der Waals surface area contributed by atoms with Crippen molar-refractivity contribution < 1.29 is 9.53 Å². The van der Waals surface area contributed by atoms with Crippen molar-refractivity contribution in [3.63, 3.8) is 0 Å². The summed E-state index contributed by atoms with van der Waals surface area (Å²) in [5.74, 6) is 0.316. The summed E-state index contributed by atoms with van der Waals surface area (Å²) in [6.07, 6.45) is 3.65. The molecule has 1 amide bonds. The van der Waals surface area contributed by atoms with Gasteiger partial charge in [-0.1, -0.05) is 12.1 Å². The van der Waals surface area contributed by atoms with Gasteiger partial charge in [0.1, 0.15) is 5.75 Å². The van der Waals surface area contributed by atoms with Crippen LogP contribution in [0.2, 0.25) is 0 Å². The first-order chi connectivity index (χ1) is 12.5. The van der Waals surface area contributed by atoms with Crippen LogP contribution in [0.25, 0.3) is 0 Å². The number of anilines is 3. The molecule has 0 saturated carbocycles. The fraction of sp³-hybridized carbons (Fsp3) is 0.381. The monoisotopic (exact) mass is 353 g/mol. The van der Waals surface area contributed by atoms with Gasteiger partial charge in [-0.25, -0.2) is 0 Å². The molecule has 0 aliphatic carbocycles. The predicted molar refractivity (Wildman–Crippen MR) is 107 cm³/mol. The van der Waals surface area contributed by atoms with E-state index in [2.05, 4.69) is 24.1 Å². The molecule has 3 rings (SSSR count). The smallest absolute Gasteiger partial charge is 0.259 e. The SMILES string of the molecule is COc1ccccc1C(=O)Nc1cc(N2CCCC[C@H]2C)c(C)cc1N. The Morgan fingerprint density at radius 3 is 2.77 bits per heavy atom. The fourth-order valence-electron chi connectivity index (χ4n) is 3.61. The van der Waals surface area contributed by atoms with Crippen molar-refractivity contribution in [2.45, 2.75) is 39.2 Å². The number of nitrogens with one attached hydrogen (secondary N) is 1. The molecule has 1 heterocycles. The van der Waals surface area contributed by atoms with E-state index in [1.807, 2.05) is 24.3 Å². The Kier molecular flexibility index (Phi) is 5.35. The Morgan fingerprint density at radius 2 is 2.04 bits per heavy atom. The first-order valence-electron chi connectivity index (χ1n) is 9.12. The molecule has 0 unspecified atom stereocenters. The number of hydrogen-bond acceptors (Lipinski definition) is 4. The van der Waals surface area contributed by atoms with Crippen molar-refractivity contribution in [3.8, 4) is 5.75 Å². The number of para-hydroxylation sites is 1. The van der Waals surface area contributed by atoms with Gasteiger partial charge >= 0.3 is 0 Å². The number of carbonyl (C=O) groups excluding carboxylic acids is 1. The van der Waals surface area contributed by atoms with Crippen LogP contribution < -0.4 is 20.7 Å². The number of piperidine rings is 1. The Morgan fingerprint density at radius 1 is 1.27 bits per heavy atom. The van der Waals surface area contributed by atoms with Crippen LogP contribution >= 0.6 is 0 Å². The van der Waals surface area contributed by atoms with Gasteiger partial charge in [0.15, 0.2) is 0 Å². The summed E-state index contributed by atoms with van der Waals surface area (Å²) in [5, 5.41) is 2.95. The highest BCUT2D eigenvalue weighted by Crippen LogP contribution is 2.34. The number of aryl methyl sites for hydroxylation is 1. The lowest BCUT2D eigenvalue weighted by molar-refractivity contribution is 0.102. The predicted octanol–water partition coefficient (Wildman–Crippen LogP) is 4.22. The van der Waals surface area contributed by atoms with Crippen molar-refractivity contribution in [2.75, 3.05) is 29.6 Å². The summed E-state index contributed by atoms with van der Waals surface area (Å²) in [7, 11) is 1.56. The van der Waals surface area contributed by atoms with Crippen LogP contribution in [0.3, 0.4) is 0 Å². The molecule has 0 radical (unpaired) electrons. The first kappa shape index (κ1) is 18.1. The van der Waals surface area contributed by atoms with E-state index in [1.54, 1.807) is 19.2 Å². The molecule has 1 aliphatic rings. The lowest BCUT2D eigenvalue weighted by Crippen LogP contribution is -2.37. The van der Waals surface area contributed by atoms with E-state index in [0.29, 0.717) is 28.7 Å². The van der Waals surface area contributed by atoms with Gasteiger partial charge in [0, 0.05) is 18.3 Å². The molecule has 26 heavy (non-hydrogen) atoms. The van der Waals surface area contributed by atoms with Crippen LogP contribution in [0.15, 0.2) is 36.4 Å². The number of carbonyl (C=O) groups is 1. The quantitative estimate of drug-likeness (QED) is 0.808. The molecule has 1 aliphatic heterocycles. The highest BCUT2D eigenvalue weighted by molar-refractivity contribution is 6.07. The lowest BCUT2D eigenvalue weighted by atomic mass is 10.0. The number of rotatable bonds is 4. The van der Waals surface area contributed by atoms with Gasteiger partial charge in [-0.15, -0.1) is 0 Å². The molecular weight excluding hydrogens is 326 g/mol. The Balaban J connectivity index is 1.90. The first-order valence-corrected chi connectivity index (χ1v) is 9.12. The standard InChI is InChI=1S/C21H27N3O2/c1-14-12-17(22)18(13-19(14)24-11-7-6-8-15(24)2)23-21(25)16-9-4-5-10-20(16)26-3/h4-5,9-10,12-13,15H,6-8,11,22H2,1-3H3,(H,23,25)/t15-/m1/s1. The van der Waals surface area contributed by atoms with Crippen LogP contribution in [-0.2, 0) is 0 Å². The molecule has 2 aromatic rings. The zero-order valence-electron chi connectivity index (χ0n) is 15.7. The molecule has 0 spiro atoms. The minimum atomic E-state index is -0.226. The van der Waals surface area contributed by atoms with Gasteiger partial charge in [0.05, 0.1) is 24.0 Å². The van der Waals surface area contributed by atoms with Gasteiger partial charge in [0.2, 0.25) is 0 Å². The van der Waals surface area contributed by atoms with E-state index in [0.717, 1.165) is 17.8 Å². The van der Waals surface area contributed by atoms with E-state index < -0.39 is 0 Å². The third kappa shape index (κ3) is 3.62. The maximum absolute atomic E-state index is 12.7. The number of nitrogens with zero attached hydrogens (tertiary/aromatic N) is 1. The molecule has 0 bridgehead atoms. The van der Waals surface area contributed by atoms with Crippen LogP contribution in [0.4, 0.5) is 17.1 Å². The average Bonchev–Trinajstić information content (AvgIpc) is 2.64. The molecule has 3 N–H and O–H groups in total. The van der Waals surface area contributed by atoms with Crippen molar-refractivity contribution >= 4 is 23.0 Å². The van der Waals surface area contributed by atoms with Crippen LogP contribution in [0.5, 0.6) is 5.75 Å². The zero-order valence-corrected chi connectivity index (χ0v) is 15.7. The minimum absolute atomic E-state index is 0.226. The third-order valence-corrected chi connectivity index (χ3v) is 5.08. The van der Waals surface area contributed by atoms with Gasteiger partial charge in [-0.2, -0.15) is 0 Å². The zero-order chi connectivity index (χ0) is 18.7. The van der Waals surface area contributed by atoms with Crippen LogP contribution in [0.1, 0.15) is 42.1 Å². The highest BCUT2D eigenvalue weighted by Gasteiger charge is 2.22. The van der Waals surface area contributed by atoms with Crippen molar-refractivity contribution in [1.29, 1.82) is 0 Å². The van der Waals surface area contributed by atoms with Crippen molar-refractivity contribution in [1.82, 2.24) is 0 Å². The number of hydrogen-bond donors (Lipinski definition) is 2. The second-order valence-electron chi connectivity index (χ2n) is 6.92. The minimum Gasteiger partial charge on any atom is -0.496 e. The highest BCUT2D eigenvalue weighted by atomic mass is 16.5. The number of amides is 1. The average molecular weight is 353 g/mol. The second kappa shape index (κ2) is 7.68. The summed E-state index contributed by atoms with van der Waals surface area (Å²) in [4.78, 5) is 15.1. The van der Waals surface area contributed by atoms with Crippen LogP contribution in [-0.4, -0.2) is 25.6 Å². The number of nitrogen functional groups attached to an aromatic ring is 1. The number of ether oxygens (including phenoxy) is 1. The summed E-state index contributed by atoms with van der Waals surface area (Å²) < 4.78 is 5.29.